The Bertz CT molecular complexity index is 1150. The van der Waals surface area contributed by atoms with E-state index in [-0.39, 0.29) is 5.82 Å². The second-order valence-corrected chi connectivity index (χ2v) is 7.86. The first-order chi connectivity index (χ1) is 15.1. The van der Waals surface area contributed by atoms with E-state index < -0.39 is 11.8 Å². The van der Waals surface area contributed by atoms with Crippen molar-refractivity contribution in [1.82, 2.24) is 10.3 Å². The van der Waals surface area contributed by atoms with Gasteiger partial charge in [0.1, 0.15) is 11.6 Å². The average molecular weight is 419 g/mol. The van der Waals surface area contributed by atoms with E-state index in [1.165, 1.54) is 6.07 Å². The molecule has 0 aliphatic carbocycles. The van der Waals surface area contributed by atoms with Gasteiger partial charge in [-0.2, -0.15) is 4.39 Å². The van der Waals surface area contributed by atoms with Crippen LogP contribution in [0.15, 0.2) is 47.5 Å². The maximum Gasteiger partial charge on any atom is 0.222 e. The predicted molar refractivity (Wildman–Crippen MR) is 121 cm³/mol. The van der Waals surface area contributed by atoms with E-state index >= 15 is 0 Å². The minimum absolute atomic E-state index is 0.0259. The Labute approximate surface area is 179 Å². The van der Waals surface area contributed by atoms with Crippen molar-refractivity contribution in [3.05, 3.63) is 65.4 Å². The summed E-state index contributed by atoms with van der Waals surface area (Å²) in [6.07, 6.45) is 2.41. The van der Waals surface area contributed by atoms with Crippen LogP contribution in [0, 0.1) is 11.8 Å². The molecular formula is C24H23F2N5. The Kier molecular flexibility index (Phi) is 5.11. The molecule has 1 fully saturated rings. The van der Waals surface area contributed by atoms with E-state index in [1.807, 2.05) is 24.3 Å². The highest BCUT2D eigenvalue weighted by Gasteiger charge is 2.19. The summed E-state index contributed by atoms with van der Waals surface area (Å²) in [5, 5.41) is 3.33. The number of benzene rings is 2. The molecule has 3 heterocycles. The lowest BCUT2D eigenvalue weighted by molar-refractivity contribution is 0.588. The molecule has 0 atom stereocenters. The Balaban J connectivity index is 1.53. The summed E-state index contributed by atoms with van der Waals surface area (Å²) in [5.41, 5.74) is 10.6. The van der Waals surface area contributed by atoms with Crippen molar-refractivity contribution >= 4 is 17.7 Å². The van der Waals surface area contributed by atoms with Gasteiger partial charge in [0.25, 0.3) is 0 Å². The van der Waals surface area contributed by atoms with Crippen LogP contribution in [0.3, 0.4) is 0 Å². The van der Waals surface area contributed by atoms with E-state index in [4.69, 9.17) is 5.73 Å². The zero-order valence-corrected chi connectivity index (χ0v) is 17.0. The summed E-state index contributed by atoms with van der Waals surface area (Å²) in [5.74, 6) is -1.11. The van der Waals surface area contributed by atoms with Crippen LogP contribution in [0.5, 0.6) is 0 Å². The normalized spacial score (nSPS) is 15.7. The van der Waals surface area contributed by atoms with Crippen molar-refractivity contribution in [1.29, 1.82) is 0 Å². The van der Waals surface area contributed by atoms with Crippen molar-refractivity contribution in [3.8, 4) is 22.3 Å². The number of nitrogen functional groups attached to an aromatic ring is 1. The molecule has 2 aromatic carbocycles. The van der Waals surface area contributed by atoms with Gasteiger partial charge in [0, 0.05) is 61.3 Å². The molecule has 1 saturated heterocycles. The fraction of sp³-hybridized carbons (Fsp3) is 0.250. The number of pyridine rings is 1. The molecular weight excluding hydrogens is 396 g/mol. The van der Waals surface area contributed by atoms with Crippen LogP contribution in [0.1, 0.15) is 11.1 Å². The maximum atomic E-state index is 14.9. The number of anilines is 2. The molecule has 2 aliphatic heterocycles. The highest BCUT2D eigenvalue weighted by molar-refractivity contribution is 5.87. The Hall–Kier alpha value is -3.32. The van der Waals surface area contributed by atoms with Gasteiger partial charge in [-0.05, 0) is 53.4 Å². The molecule has 7 heteroatoms. The first-order valence-corrected chi connectivity index (χ1v) is 10.4. The summed E-state index contributed by atoms with van der Waals surface area (Å²) in [7, 11) is 0. The molecule has 0 bridgehead atoms. The Morgan fingerprint density at radius 1 is 0.935 bits per heavy atom. The van der Waals surface area contributed by atoms with Gasteiger partial charge >= 0.3 is 0 Å². The number of aromatic nitrogens is 1. The number of halogens is 2. The molecule has 0 radical (unpaired) electrons. The first kappa shape index (κ1) is 19.6. The van der Waals surface area contributed by atoms with E-state index in [0.717, 1.165) is 49.4 Å². The minimum atomic E-state index is -0.665. The van der Waals surface area contributed by atoms with Gasteiger partial charge in [0.15, 0.2) is 0 Å². The highest BCUT2D eigenvalue weighted by atomic mass is 19.1. The van der Waals surface area contributed by atoms with E-state index in [1.54, 1.807) is 18.3 Å². The van der Waals surface area contributed by atoms with Crippen molar-refractivity contribution in [3.63, 3.8) is 0 Å². The SMILES string of the molecule is Nc1nc(F)c(-c2ccc(N3CCNCC3)cc2)cc1-c1cc2c(cc1F)C=NCC2. The topological polar surface area (TPSA) is 66.5 Å². The smallest absolute Gasteiger partial charge is 0.222 e. The van der Waals surface area contributed by atoms with Crippen molar-refractivity contribution in [2.75, 3.05) is 43.4 Å². The number of hydrogen-bond acceptors (Lipinski definition) is 5. The fourth-order valence-corrected chi connectivity index (χ4v) is 4.22. The number of hydrogen-bond donors (Lipinski definition) is 2. The third-order valence-corrected chi connectivity index (χ3v) is 5.93. The van der Waals surface area contributed by atoms with Crippen molar-refractivity contribution < 1.29 is 8.78 Å². The molecule has 0 saturated carbocycles. The number of nitrogens with two attached hydrogens (primary N) is 1. The van der Waals surface area contributed by atoms with Crippen LogP contribution in [0.2, 0.25) is 0 Å². The number of piperazine rings is 1. The summed E-state index contributed by atoms with van der Waals surface area (Å²) < 4.78 is 29.6. The van der Waals surface area contributed by atoms with Crippen LogP contribution in [0.4, 0.5) is 20.3 Å². The van der Waals surface area contributed by atoms with Gasteiger partial charge in [0.05, 0.1) is 0 Å². The Morgan fingerprint density at radius 2 is 1.71 bits per heavy atom. The van der Waals surface area contributed by atoms with Crippen LogP contribution in [0.25, 0.3) is 22.3 Å². The van der Waals surface area contributed by atoms with Crippen LogP contribution < -0.4 is 16.0 Å². The van der Waals surface area contributed by atoms with E-state index in [9.17, 15) is 8.78 Å². The standard InChI is InChI=1S/C24H23F2N5/c25-22-12-17-14-29-6-5-16(17)11-20(22)21-13-19(23(26)30-24(21)27)15-1-3-18(4-2-15)31-9-7-28-8-10-31/h1-4,11-14,28H,5-10H2,(H2,27,30). The number of rotatable bonds is 3. The quantitative estimate of drug-likeness (QED) is 0.636. The summed E-state index contributed by atoms with van der Waals surface area (Å²) in [6.45, 7) is 4.42. The third kappa shape index (κ3) is 3.77. The number of fused-ring (bicyclic) bond motifs is 1. The fourth-order valence-electron chi connectivity index (χ4n) is 4.22. The Morgan fingerprint density at radius 3 is 2.48 bits per heavy atom. The molecule has 3 N–H and O–H groups in total. The molecule has 158 valence electrons. The van der Waals surface area contributed by atoms with Gasteiger partial charge in [-0.1, -0.05) is 12.1 Å². The summed E-state index contributed by atoms with van der Waals surface area (Å²) in [4.78, 5) is 10.4. The minimum Gasteiger partial charge on any atom is -0.383 e. The molecule has 3 aromatic rings. The second-order valence-electron chi connectivity index (χ2n) is 7.86. The first-order valence-electron chi connectivity index (χ1n) is 10.4. The molecule has 0 unspecified atom stereocenters. The molecule has 31 heavy (non-hydrogen) atoms. The summed E-state index contributed by atoms with van der Waals surface area (Å²) in [6, 6.07) is 12.5. The van der Waals surface area contributed by atoms with E-state index in [0.29, 0.717) is 28.8 Å². The lowest BCUT2D eigenvalue weighted by atomic mass is 9.94. The van der Waals surface area contributed by atoms with Gasteiger partial charge in [-0.15, -0.1) is 0 Å². The van der Waals surface area contributed by atoms with Gasteiger partial charge in [-0.25, -0.2) is 9.37 Å². The molecule has 1 aromatic heterocycles. The number of aliphatic imine (C=N–C) groups is 1. The van der Waals surface area contributed by atoms with Gasteiger partial charge < -0.3 is 16.0 Å². The average Bonchev–Trinajstić information content (AvgIpc) is 2.80. The lowest BCUT2D eigenvalue weighted by Gasteiger charge is -2.29. The molecule has 0 amide bonds. The highest BCUT2D eigenvalue weighted by Crippen LogP contribution is 2.35. The zero-order valence-electron chi connectivity index (χ0n) is 17.0. The van der Waals surface area contributed by atoms with Crippen LogP contribution in [-0.2, 0) is 6.42 Å². The predicted octanol–water partition coefficient (Wildman–Crippen LogP) is 3.66. The van der Waals surface area contributed by atoms with Gasteiger partial charge in [0.2, 0.25) is 5.95 Å². The maximum absolute atomic E-state index is 14.9. The van der Waals surface area contributed by atoms with Crippen molar-refractivity contribution in [2.24, 2.45) is 4.99 Å². The van der Waals surface area contributed by atoms with E-state index in [2.05, 4.69) is 20.2 Å². The van der Waals surface area contributed by atoms with Gasteiger partial charge in [-0.3, -0.25) is 4.99 Å². The third-order valence-electron chi connectivity index (χ3n) is 5.93. The lowest BCUT2D eigenvalue weighted by Crippen LogP contribution is -2.43. The van der Waals surface area contributed by atoms with Crippen LogP contribution >= 0.6 is 0 Å². The number of nitrogens with zero attached hydrogens (tertiary/aromatic N) is 3. The molecule has 5 rings (SSSR count). The monoisotopic (exact) mass is 419 g/mol. The molecule has 5 nitrogen and oxygen atoms in total. The second kappa shape index (κ2) is 8.07. The number of nitrogens with one attached hydrogen (secondary N) is 1. The van der Waals surface area contributed by atoms with Crippen molar-refractivity contribution in [2.45, 2.75) is 6.42 Å². The molecule has 0 spiro atoms. The van der Waals surface area contributed by atoms with Crippen LogP contribution in [-0.4, -0.2) is 43.9 Å². The molecule has 2 aliphatic rings. The largest absolute Gasteiger partial charge is 0.383 e. The summed E-state index contributed by atoms with van der Waals surface area (Å²) >= 11 is 0. The zero-order chi connectivity index (χ0) is 21.4.